The minimum Gasteiger partial charge on any atom is -0.493 e. The predicted molar refractivity (Wildman–Crippen MR) is 86.9 cm³/mol. The summed E-state index contributed by atoms with van der Waals surface area (Å²) in [7, 11) is 1.68. The molecule has 0 saturated heterocycles. The lowest BCUT2D eigenvalue weighted by Gasteiger charge is -2.26. The van der Waals surface area contributed by atoms with Crippen LogP contribution in [-0.4, -0.2) is 13.2 Å². The summed E-state index contributed by atoms with van der Waals surface area (Å²) >= 11 is 2.29. The van der Waals surface area contributed by atoms with Gasteiger partial charge in [0.1, 0.15) is 6.10 Å². The highest BCUT2D eigenvalue weighted by Crippen LogP contribution is 2.35. The monoisotopic (exact) mass is 370 g/mol. The molecule has 0 spiro atoms. The lowest BCUT2D eigenvalue weighted by atomic mass is 9.94. The van der Waals surface area contributed by atoms with Crippen molar-refractivity contribution in [1.82, 2.24) is 0 Å². The maximum Gasteiger partial charge on any atom is 0.175 e. The van der Waals surface area contributed by atoms with Crippen molar-refractivity contribution >= 4 is 22.6 Å². The quantitative estimate of drug-likeness (QED) is 0.551. The number of ether oxygens (including phenoxy) is 2. The van der Waals surface area contributed by atoms with Gasteiger partial charge in [0.2, 0.25) is 0 Å². The summed E-state index contributed by atoms with van der Waals surface area (Å²) in [6, 6.07) is 5.96. The highest BCUT2D eigenvalue weighted by atomic mass is 127. The first-order valence-electron chi connectivity index (χ1n) is 6.55. The molecule has 0 bridgehead atoms. The van der Waals surface area contributed by atoms with E-state index in [1.807, 2.05) is 24.3 Å². The van der Waals surface area contributed by atoms with E-state index in [0.29, 0.717) is 0 Å². The van der Waals surface area contributed by atoms with E-state index in [-0.39, 0.29) is 6.10 Å². The van der Waals surface area contributed by atoms with E-state index in [9.17, 15) is 0 Å². The molecule has 1 aliphatic rings. The molecule has 0 fully saturated rings. The Hall–Kier alpha value is -0.970. The largest absolute Gasteiger partial charge is 0.493 e. The molecule has 1 aromatic rings. The number of methoxy groups -OCH3 is 1. The molecule has 0 N–H and O–H groups in total. The summed E-state index contributed by atoms with van der Waals surface area (Å²) in [5, 5.41) is 0. The number of halogens is 1. The van der Waals surface area contributed by atoms with Crippen LogP contribution in [0.4, 0.5) is 0 Å². The number of hydrogen-bond donors (Lipinski definition) is 0. The number of para-hydroxylation sites is 1. The van der Waals surface area contributed by atoms with Gasteiger partial charge >= 0.3 is 0 Å². The van der Waals surface area contributed by atoms with Gasteiger partial charge in [-0.1, -0.05) is 18.2 Å². The number of benzene rings is 1. The molecular formula is C16H19IO2. The van der Waals surface area contributed by atoms with E-state index in [0.717, 1.165) is 34.3 Å². The molecule has 0 aromatic heterocycles. The Labute approximate surface area is 128 Å². The van der Waals surface area contributed by atoms with Crippen LogP contribution in [0.3, 0.4) is 0 Å². The van der Waals surface area contributed by atoms with E-state index in [1.165, 1.54) is 12.0 Å². The maximum absolute atomic E-state index is 6.22. The summed E-state index contributed by atoms with van der Waals surface area (Å²) < 4.78 is 12.7. The first-order chi connectivity index (χ1) is 9.26. The summed E-state index contributed by atoms with van der Waals surface area (Å²) in [5.41, 5.74) is 1.34. The second-order valence-corrected chi connectivity index (χ2v) is 5.74. The van der Waals surface area contributed by atoms with Gasteiger partial charge in [0.25, 0.3) is 0 Å². The second kappa shape index (κ2) is 6.98. The standard InChI is InChI=1S/C16H19IO2/c1-3-7-12-8-4-5-10-14(12)19-16-13(17)9-6-11-15(16)18-2/h3,6,8-9,11,14H,1,4-5,7,10H2,2H3/t14-/m0/s1. The van der Waals surface area contributed by atoms with Gasteiger partial charge in [-0.05, 0) is 66.0 Å². The third-order valence-corrected chi connectivity index (χ3v) is 4.13. The summed E-state index contributed by atoms with van der Waals surface area (Å²) in [4.78, 5) is 0. The Bertz CT molecular complexity index is 480. The van der Waals surface area contributed by atoms with Crippen LogP contribution in [-0.2, 0) is 0 Å². The second-order valence-electron chi connectivity index (χ2n) is 4.58. The molecule has 1 aliphatic carbocycles. The summed E-state index contributed by atoms with van der Waals surface area (Å²) in [5.74, 6) is 1.66. The highest BCUT2D eigenvalue weighted by molar-refractivity contribution is 14.1. The lowest BCUT2D eigenvalue weighted by molar-refractivity contribution is 0.204. The van der Waals surface area contributed by atoms with Gasteiger partial charge < -0.3 is 9.47 Å². The fraction of sp³-hybridized carbons (Fsp3) is 0.375. The van der Waals surface area contributed by atoms with Crippen molar-refractivity contribution < 1.29 is 9.47 Å². The zero-order valence-electron chi connectivity index (χ0n) is 11.2. The molecule has 2 nitrogen and oxygen atoms in total. The van der Waals surface area contributed by atoms with Gasteiger partial charge in [0, 0.05) is 0 Å². The minimum atomic E-state index is 0.150. The third kappa shape index (κ3) is 3.53. The van der Waals surface area contributed by atoms with Crippen LogP contribution in [0.25, 0.3) is 0 Å². The van der Waals surface area contributed by atoms with Gasteiger partial charge in [0.05, 0.1) is 10.7 Å². The van der Waals surface area contributed by atoms with Crippen molar-refractivity contribution in [1.29, 1.82) is 0 Å². The zero-order chi connectivity index (χ0) is 13.7. The fourth-order valence-electron chi connectivity index (χ4n) is 2.33. The van der Waals surface area contributed by atoms with Gasteiger partial charge in [-0.25, -0.2) is 0 Å². The number of hydrogen-bond acceptors (Lipinski definition) is 2. The summed E-state index contributed by atoms with van der Waals surface area (Å²) in [6.07, 6.45) is 8.67. The molecule has 0 saturated carbocycles. The Morgan fingerprint density at radius 1 is 1.47 bits per heavy atom. The van der Waals surface area contributed by atoms with Gasteiger partial charge in [-0.2, -0.15) is 0 Å². The average Bonchev–Trinajstić information content (AvgIpc) is 2.43. The van der Waals surface area contributed by atoms with E-state index in [1.54, 1.807) is 7.11 Å². The molecule has 2 rings (SSSR count). The third-order valence-electron chi connectivity index (χ3n) is 3.28. The van der Waals surface area contributed by atoms with Gasteiger partial charge in [0.15, 0.2) is 11.5 Å². The first kappa shape index (κ1) is 14.4. The van der Waals surface area contributed by atoms with Crippen molar-refractivity contribution in [3.63, 3.8) is 0 Å². The SMILES string of the molecule is C=CCC1=CCCC[C@@H]1Oc1c(I)cccc1OC. The van der Waals surface area contributed by atoms with Crippen molar-refractivity contribution in [2.75, 3.05) is 7.11 Å². The molecule has 102 valence electrons. The predicted octanol–water partition coefficient (Wildman–Crippen LogP) is 4.73. The molecule has 1 aromatic carbocycles. The number of allylic oxidation sites excluding steroid dienone is 2. The molecule has 0 heterocycles. The Kier molecular flexibility index (Phi) is 5.31. The minimum absolute atomic E-state index is 0.150. The van der Waals surface area contributed by atoms with Crippen molar-refractivity contribution in [3.05, 3.63) is 46.1 Å². The molecule has 0 amide bonds. The highest BCUT2D eigenvalue weighted by Gasteiger charge is 2.21. The van der Waals surface area contributed by atoms with Crippen LogP contribution in [0, 0.1) is 3.57 Å². The van der Waals surface area contributed by atoms with E-state index in [4.69, 9.17) is 9.47 Å². The fourth-order valence-corrected chi connectivity index (χ4v) is 2.93. The first-order valence-corrected chi connectivity index (χ1v) is 7.63. The Morgan fingerprint density at radius 3 is 3.05 bits per heavy atom. The van der Waals surface area contributed by atoms with Crippen LogP contribution in [0.15, 0.2) is 42.5 Å². The molecule has 0 radical (unpaired) electrons. The van der Waals surface area contributed by atoms with Crippen LogP contribution in [0.1, 0.15) is 25.7 Å². The van der Waals surface area contributed by atoms with E-state index >= 15 is 0 Å². The maximum atomic E-state index is 6.22. The average molecular weight is 370 g/mol. The molecule has 19 heavy (non-hydrogen) atoms. The van der Waals surface area contributed by atoms with E-state index < -0.39 is 0 Å². The van der Waals surface area contributed by atoms with E-state index in [2.05, 4.69) is 35.2 Å². The Morgan fingerprint density at radius 2 is 2.32 bits per heavy atom. The lowest BCUT2D eigenvalue weighted by Crippen LogP contribution is -2.22. The number of rotatable bonds is 5. The molecule has 0 aliphatic heterocycles. The Balaban J connectivity index is 2.22. The van der Waals surface area contributed by atoms with Crippen molar-refractivity contribution in [2.24, 2.45) is 0 Å². The van der Waals surface area contributed by atoms with Gasteiger partial charge in [-0.15, -0.1) is 6.58 Å². The molecule has 0 unspecified atom stereocenters. The van der Waals surface area contributed by atoms with Crippen LogP contribution >= 0.6 is 22.6 Å². The van der Waals surface area contributed by atoms with Crippen LogP contribution in [0.5, 0.6) is 11.5 Å². The molecular weight excluding hydrogens is 351 g/mol. The van der Waals surface area contributed by atoms with Gasteiger partial charge in [-0.3, -0.25) is 0 Å². The smallest absolute Gasteiger partial charge is 0.175 e. The van der Waals surface area contributed by atoms with Crippen LogP contribution in [0.2, 0.25) is 0 Å². The summed E-state index contributed by atoms with van der Waals surface area (Å²) in [6.45, 7) is 3.82. The van der Waals surface area contributed by atoms with Crippen LogP contribution < -0.4 is 9.47 Å². The topological polar surface area (TPSA) is 18.5 Å². The zero-order valence-corrected chi connectivity index (χ0v) is 13.4. The molecule has 1 atom stereocenters. The molecule has 3 heteroatoms. The van der Waals surface area contributed by atoms with Crippen molar-refractivity contribution in [2.45, 2.75) is 31.8 Å². The van der Waals surface area contributed by atoms with Crippen molar-refractivity contribution in [3.8, 4) is 11.5 Å². The normalized spacial score (nSPS) is 18.6.